The lowest BCUT2D eigenvalue weighted by molar-refractivity contribution is 0.157. The van der Waals surface area contributed by atoms with E-state index >= 15 is 0 Å². The molecule has 1 heterocycles. The van der Waals surface area contributed by atoms with Crippen LogP contribution in [-0.2, 0) is 0 Å². The molecule has 292 valence electrons. The number of para-hydroxylation sites is 1. The van der Waals surface area contributed by atoms with Gasteiger partial charge in [0.25, 0.3) is 0 Å². The number of aromatic nitrogens is 1. The molecule has 0 radical (unpaired) electrons. The topological polar surface area (TPSA) is 20.5 Å². The van der Waals surface area contributed by atoms with Gasteiger partial charge in [-0.3, -0.25) is 9.89 Å². The summed E-state index contributed by atoms with van der Waals surface area (Å²) in [5.74, 6) is 0.389. The third-order valence-corrected chi connectivity index (χ3v) is 12.7. The number of hydrogen-bond acceptors (Lipinski definition) is 2. The van der Waals surface area contributed by atoms with Crippen molar-refractivity contribution >= 4 is 38.8 Å². The normalized spacial score (nSPS) is 16.5. The van der Waals surface area contributed by atoms with Gasteiger partial charge in [0.2, 0.25) is 0 Å². The lowest BCUT2D eigenvalue weighted by atomic mass is 9.86. The van der Waals surface area contributed by atoms with Gasteiger partial charge in [-0.15, -0.1) is 0 Å². The largest absolute Gasteiger partial charge is 0.309 e. The Morgan fingerprint density at radius 2 is 1.25 bits per heavy atom. The molecule has 10 rings (SSSR count). The smallest absolute Gasteiger partial charge is 0.128 e. The van der Waals surface area contributed by atoms with Crippen molar-refractivity contribution in [2.24, 2.45) is 10.9 Å². The Labute approximate surface area is 353 Å². The minimum absolute atomic E-state index is 0.155. The van der Waals surface area contributed by atoms with E-state index in [9.17, 15) is 0 Å². The number of hydrogen-bond donors (Lipinski definition) is 0. The van der Waals surface area contributed by atoms with Crippen LogP contribution in [0.3, 0.4) is 0 Å². The standard InChI is InChI=1S/C57H49N3/c1-40(42-25-27-46(28-26-42)44-15-7-4-8-16-44)59(2)57(58-39-41-21-23-45(24-22-41)43-13-5-3-6-14-43)50-31-29-47(30-32-50)48-33-36-51(37-34-48)60-55-20-12-11-19-53(55)54-38-35-49-17-9-10-18-52(49)56(54)60/h3,5-7,9-25,27-40,42,57H,4,8,26H2,1-2H3/b58-39+. The average Bonchev–Trinajstić information content (AvgIpc) is 3.67. The molecule has 2 aliphatic rings. The van der Waals surface area contributed by atoms with Crippen LogP contribution >= 0.6 is 0 Å². The summed E-state index contributed by atoms with van der Waals surface area (Å²) < 4.78 is 2.43. The first kappa shape index (κ1) is 37.5. The molecule has 7 aromatic carbocycles. The van der Waals surface area contributed by atoms with Crippen molar-refractivity contribution < 1.29 is 0 Å². The van der Waals surface area contributed by atoms with E-state index in [0.717, 1.165) is 30.5 Å². The molecule has 0 spiro atoms. The van der Waals surface area contributed by atoms with Crippen molar-refractivity contribution in [2.75, 3.05) is 7.05 Å². The van der Waals surface area contributed by atoms with Crippen molar-refractivity contribution in [2.45, 2.75) is 38.4 Å². The zero-order valence-electron chi connectivity index (χ0n) is 34.3. The van der Waals surface area contributed by atoms with Gasteiger partial charge >= 0.3 is 0 Å². The van der Waals surface area contributed by atoms with Crippen LogP contribution in [-0.4, -0.2) is 28.8 Å². The van der Waals surface area contributed by atoms with Gasteiger partial charge in [0.05, 0.1) is 11.0 Å². The van der Waals surface area contributed by atoms with Crippen LogP contribution in [0.15, 0.2) is 216 Å². The number of benzene rings is 7. The van der Waals surface area contributed by atoms with Gasteiger partial charge in [0.1, 0.15) is 6.17 Å². The summed E-state index contributed by atoms with van der Waals surface area (Å²) in [6.45, 7) is 2.35. The molecule has 3 nitrogen and oxygen atoms in total. The lowest BCUT2D eigenvalue weighted by Crippen LogP contribution is -2.37. The van der Waals surface area contributed by atoms with Gasteiger partial charge in [-0.2, -0.15) is 0 Å². The monoisotopic (exact) mass is 775 g/mol. The van der Waals surface area contributed by atoms with Crippen LogP contribution in [0, 0.1) is 5.92 Å². The van der Waals surface area contributed by atoms with Crippen molar-refractivity contribution in [1.29, 1.82) is 0 Å². The molecule has 3 atom stereocenters. The molecular weight excluding hydrogens is 727 g/mol. The van der Waals surface area contributed by atoms with Crippen molar-refractivity contribution in [3.8, 4) is 27.9 Å². The predicted octanol–water partition coefficient (Wildman–Crippen LogP) is 14.5. The minimum atomic E-state index is -0.155. The fraction of sp³-hybridized carbons (Fsp3) is 0.140. The van der Waals surface area contributed by atoms with Crippen LogP contribution in [0.2, 0.25) is 0 Å². The SMILES string of the molecule is CC(C1C=CC(C2=CCCC=C2)=CC1)N(C)C(/N=C/c1ccc(-c2ccccc2)cc1)c1ccc(-c2ccc(-n3c4ccccc4c4ccc5ccccc5c43)cc2)cc1. The third kappa shape index (κ3) is 7.27. The summed E-state index contributed by atoms with van der Waals surface area (Å²) in [4.78, 5) is 7.77. The summed E-state index contributed by atoms with van der Waals surface area (Å²) in [6, 6.07) is 59.6. The van der Waals surface area contributed by atoms with E-state index in [0.29, 0.717) is 5.92 Å². The van der Waals surface area contributed by atoms with E-state index in [4.69, 9.17) is 4.99 Å². The zero-order chi connectivity index (χ0) is 40.4. The van der Waals surface area contributed by atoms with Gasteiger partial charge in [0.15, 0.2) is 0 Å². The predicted molar refractivity (Wildman–Crippen MR) is 255 cm³/mol. The number of fused-ring (bicyclic) bond motifs is 5. The number of rotatable bonds is 10. The number of nitrogens with zero attached hydrogens (tertiary/aromatic N) is 3. The second kappa shape index (κ2) is 16.4. The Morgan fingerprint density at radius 3 is 1.97 bits per heavy atom. The van der Waals surface area contributed by atoms with E-state index < -0.39 is 0 Å². The van der Waals surface area contributed by atoms with Crippen LogP contribution in [0.1, 0.15) is 43.5 Å². The summed E-state index contributed by atoms with van der Waals surface area (Å²) in [7, 11) is 2.23. The first-order valence-electron chi connectivity index (χ1n) is 21.4. The fourth-order valence-corrected chi connectivity index (χ4v) is 9.19. The highest BCUT2D eigenvalue weighted by Crippen LogP contribution is 2.38. The number of allylic oxidation sites excluding steroid dienone is 7. The van der Waals surface area contributed by atoms with E-state index in [-0.39, 0.29) is 12.2 Å². The van der Waals surface area contributed by atoms with Crippen molar-refractivity contribution in [3.63, 3.8) is 0 Å². The van der Waals surface area contributed by atoms with E-state index in [2.05, 4.69) is 224 Å². The maximum Gasteiger partial charge on any atom is 0.128 e. The summed E-state index contributed by atoms with van der Waals surface area (Å²) in [5, 5.41) is 5.07. The molecule has 60 heavy (non-hydrogen) atoms. The zero-order valence-corrected chi connectivity index (χ0v) is 34.3. The average molecular weight is 776 g/mol. The van der Waals surface area contributed by atoms with Crippen molar-refractivity contribution in [1.82, 2.24) is 9.47 Å². The molecule has 0 aliphatic heterocycles. The molecule has 0 saturated carbocycles. The summed E-state index contributed by atoms with van der Waals surface area (Å²) in [5.41, 5.74) is 13.4. The molecule has 0 saturated heterocycles. The van der Waals surface area contributed by atoms with E-state index in [1.165, 1.54) is 71.5 Å². The van der Waals surface area contributed by atoms with Gasteiger partial charge in [-0.1, -0.05) is 182 Å². The Balaban J connectivity index is 0.940. The highest BCUT2D eigenvalue weighted by atomic mass is 15.2. The van der Waals surface area contributed by atoms with E-state index in [1.807, 2.05) is 6.21 Å². The second-order valence-electron chi connectivity index (χ2n) is 16.3. The maximum atomic E-state index is 5.33. The minimum Gasteiger partial charge on any atom is -0.309 e. The first-order valence-corrected chi connectivity index (χ1v) is 21.4. The van der Waals surface area contributed by atoms with Crippen LogP contribution in [0.4, 0.5) is 0 Å². The Kier molecular flexibility index (Phi) is 10.3. The Hall–Kier alpha value is -6.81. The molecule has 0 amide bonds. The molecular formula is C57H49N3. The van der Waals surface area contributed by atoms with Crippen LogP contribution in [0.5, 0.6) is 0 Å². The Bertz CT molecular complexity index is 2960. The van der Waals surface area contributed by atoms with Crippen LogP contribution in [0.25, 0.3) is 60.5 Å². The second-order valence-corrected chi connectivity index (χ2v) is 16.3. The molecule has 0 bridgehead atoms. The molecule has 3 heteroatoms. The molecule has 8 aromatic rings. The third-order valence-electron chi connectivity index (χ3n) is 12.7. The lowest BCUT2D eigenvalue weighted by Gasteiger charge is -2.35. The van der Waals surface area contributed by atoms with Gasteiger partial charge in [-0.25, -0.2) is 0 Å². The van der Waals surface area contributed by atoms with E-state index in [1.54, 1.807) is 0 Å². The number of aliphatic imine (C=N–C) groups is 1. The summed E-state index contributed by atoms with van der Waals surface area (Å²) >= 11 is 0. The highest BCUT2D eigenvalue weighted by Gasteiger charge is 2.27. The molecule has 0 N–H and O–H groups in total. The van der Waals surface area contributed by atoms with Gasteiger partial charge in [0, 0.05) is 34.1 Å². The maximum absolute atomic E-state index is 5.33. The molecule has 0 fully saturated rings. The van der Waals surface area contributed by atoms with Crippen molar-refractivity contribution in [3.05, 3.63) is 223 Å². The molecule has 2 aliphatic carbocycles. The fourth-order valence-electron chi connectivity index (χ4n) is 9.19. The van der Waals surface area contributed by atoms with Gasteiger partial charge in [-0.05, 0) is 107 Å². The van der Waals surface area contributed by atoms with Gasteiger partial charge < -0.3 is 4.57 Å². The molecule has 1 aromatic heterocycles. The summed E-state index contributed by atoms with van der Waals surface area (Å²) in [6.07, 6.45) is 19.3. The molecule has 3 unspecified atom stereocenters. The first-order chi connectivity index (χ1) is 29.6. The quantitative estimate of drug-likeness (QED) is 0.127. The highest BCUT2D eigenvalue weighted by molar-refractivity contribution is 6.18. The Morgan fingerprint density at radius 1 is 0.600 bits per heavy atom. The van der Waals surface area contributed by atoms with Crippen LogP contribution < -0.4 is 0 Å².